The van der Waals surface area contributed by atoms with E-state index in [0.29, 0.717) is 5.56 Å². The number of benzene rings is 1. The highest BCUT2D eigenvalue weighted by Gasteiger charge is 2.14. The van der Waals surface area contributed by atoms with Crippen LogP contribution in [0.15, 0.2) is 36.9 Å². The monoisotopic (exact) mass is 249 g/mol. The van der Waals surface area contributed by atoms with Crippen molar-refractivity contribution in [3.63, 3.8) is 0 Å². The zero-order valence-corrected chi connectivity index (χ0v) is 9.41. The Kier molecular flexibility index (Phi) is 4.62. The second kappa shape index (κ2) is 6.19. The highest BCUT2D eigenvalue weighted by atomic mass is 16.6. The van der Waals surface area contributed by atoms with Crippen LogP contribution in [0.5, 0.6) is 5.75 Å². The quantitative estimate of drug-likeness (QED) is 0.361. The van der Waals surface area contributed by atoms with E-state index in [2.05, 4.69) is 6.58 Å². The number of ether oxygens (including phenoxy) is 1. The van der Waals surface area contributed by atoms with Crippen LogP contribution in [0.25, 0.3) is 6.08 Å². The highest BCUT2D eigenvalue weighted by Crippen LogP contribution is 2.28. The van der Waals surface area contributed by atoms with Crippen molar-refractivity contribution in [1.29, 1.82) is 0 Å². The summed E-state index contributed by atoms with van der Waals surface area (Å²) in [5, 5.41) is 19.2. The molecule has 1 rings (SSSR count). The largest absolute Gasteiger partial charge is 0.483 e. The lowest BCUT2D eigenvalue weighted by Crippen LogP contribution is -1.98. The maximum absolute atomic E-state index is 10.7. The summed E-state index contributed by atoms with van der Waals surface area (Å²) in [6, 6.07) is 4.11. The number of carboxylic acids is 1. The van der Waals surface area contributed by atoms with E-state index in [9.17, 15) is 14.9 Å². The van der Waals surface area contributed by atoms with Gasteiger partial charge in [-0.1, -0.05) is 12.7 Å². The molecule has 0 aliphatic rings. The fraction of sp³-hybridized carbons (Fsp3) is 0.0833. The number of aliphatic carboxylic acids is 1. The molecule has 0 heterocycles. The van der Waals surface area contributed by atoms with E-state index < -0.39 is 10.9 Å². The number of nitro groups is 1. The number of carbonyl (C=O) groups is 1. The first-order valence-corrected chi connectivity index (χ1v) is 4.97. The minimum absolute atomic E-state index is 0.0763. The molecule has 0 bridgehead atoms. The van der Waals surface area contributed by atoms with Crippen molar-refractivity contribution in [3.8, 4) is 5.75 Å². The van der Waals surface area contributed by atoms with Crippen molar-refractivity contribution in [2.75, 3.05) is 6.61 Å². The lowest BCUT2D eigenvalue weighted by atomic mass is 10.2. The number of rotatable bonds is 6. The van der Waals surface area contributed by atoms with Crippen LogP contribution in [0.4, 0.5) is 5.69 Å². The first-order valence-electron chi connectivity index (χ1n) is 4.97. The summed E-state index contributed by atoms with van der Waals surface area (Å²) >= 11 is 0. The Morgan fingerprint density at radius 2 is 2.28 bits per heavy atom. The van der Waals surface area contributed by atoms with Crippen molar-refractivity contribution in [2.24, 2.45) is 0 Å². The predicted molar refractivity (Wildman–Crippen MR) is 65.5 cm³/mol. The van der Waals surface area contributed by atoms with Gasteiger partial charge in [0.05, 0.1) is 4.92 Å². The van der Waals surface area contributed by atoms with Crippen molar-refractivity contribution >= 4 is 17.7 Å². The van der Waals surface area contributed by atoms with Crippen LogP contribution in [-0.2, 0) is 4.79 Å². The average molecular weight is 249 g/mol. The fourth-order valence-corrected chi connectivity index (χ4v) is 1.22. The summed E-state index contributed by atoms with van der Waals surface area (Å²) in [7, 11) is 0. The van der Waals surface area contributed by atoms with Gasteiger partial charge in [0.15, 0.2) is 5.75 Å². The number of nitrogens with zero attached hydrogens (tertiary/aromatic N) is 1. The number of hydrogen-bond donors (Lipinski definition) is 1. The Balaban J connectivity index is 3.07. The minimum Gasteiger partial charge on any atom is -0.483 e. The molecular weight excluding hydrogens is 238 g/mol. The van der Waals surface area contributed by atoms with Crippen LogP contribution in [-0.4, -0.2) is 22.6 Å². The smallest absolute Gasteiger partial charge is 0.328 e. The van der Waals surface area contributed by atoms with Crippen molar-refractivity contribution in [3.05, 3.63) is 52.6 Å². The molecule has 6 heteroatoms. The van der Waals surface area contributed by atoms with Gasteiger partial charge in [0, 0.05) is 12.1 Å². The Bertz CT molecular complexity index is 507. The predicted octanol–water partition coefficient (Wildman–Crippen LogP) is 2.26. The van der Waals surface area contributed by atoms with Crippen LogP contribution in [0.3, 0.4) is 0 Å². The highest BCUT2D eigenvalue weighted by molar-refractivity contribution is 5.85. The summed E-state index contributed by atoms with van der Waals surface area (Å²) in [6.07, 6.45) is 3.73. The summed E-state index contributed by atoms with van der Waals surface area (Å²) in [6.45, 7) is 3.58. The van der Waals surface area contributed by atoms with Crippen LogP contribution in [0.2, 0.25) is 0 Å². The molecule has 0 unspecified atom stereocenters. The molecule has 0 atom stereocenters. The van der Waals surface area contributed by atoms with Crippen LogP contribution >= 0.6 is 0 Å². The number of hydrogen-bond acceptors (Lipinski definition) is 4. The molecule has 0 radical (unpaired) electrons. The second-order valence-electron chi connectivity index (χ2n) is 3.26. The third kappa shape index (κ3) is 3.75. The van der Waals surface area contributed by atoms with E-state index in [1.165, 1.54) is 30.4 Å². The van der Waals surface area contributed by atoms with Crippen molar-refractivity contribution < 1.29 is 19.6 Å². The molecule has 0 aliphatic heterocycles. The second-order valence-corrected chi connectivity index (χ2v) is 3.26. The van der Waals surface area contributed by atoms with Crippen molar-refractivity contribution in [2.45, 2.75) is 0 Å². The van der Waals surface area contributed by atoms with Gasteiger partial charge in [-0.25, -0.2) is 4.79 Å². The lowest BCUT2D eigenvalue weighted by molar-refractivity contribution is -0.385. The van der Waals surface area contributed by atoms with E-state index in [1.54, 1.807) is 0 Å². The van der Waals surface area contributed by atoms with Gasteiger partial charge in [-0.2, -0.15) is 0 Å². The van der Waals surface area contributed by atoms with Gasteiger partial charge in [-0.05, 0) is 23.8 Å². The molecular formula is C12H11NO5. The van der Waals surface area contributed by atoms with E-state index in [0.717, 1.165) is 6.08 Å². The zero-order chi connectivity index (χ0) is 13.5. The van der Waals surface area contributed by atoms with E-state index in [-0.39, 0.29) is 18.0 Å². The normalized spacial score (nSPS) is 10.2. The minimum atomic E-state index is -1.10. The molecule has 0 aliphatic carbocycles. The molecule has 0 saturated heterocycles. The van der Waals surface area contributed by atoms with E-state index >= 15 is 0 Å². The first-order chi connectivity index (χ1) is 8.54. The molecule has 1 N–H and O–H groups in total. The molecule has 18 heavy (non-hydrogen) atoms. The molecule has 0 fully saturated rings. The van der Waals surface area contributed by atoms with E-state index in [4.69, 9.17) is 9.84 Å². The average Bonchev–Trinajstić information content (AvgIpc) is 2.33. The first kappa shape index (κ1) is 13.4. The van der Waals surface area contributed by atoms with Gasteiger partial charge >= 0.3 is 11.7 Å². The number of nitro benzene ring substituents is 1. The molecule has 0 spiro atoms. The molecule has 6 nitrogen and oxygen atoms in total. The fourth-order valence-electron chi connectivity index (χ4n) is 1.22. The Morgan fingerprint density at radius 1 is 1.56 bits per heavy atom. The van der Waals surface area contributed by atoms with Gasteiger partial charge in [0.1, 0.15) is 6.61 Å². The van der Waals surface area contributed by atoms with E-state index in [1.807, 2.05) is 0 Å². The lowest BCUT2D eigenvalue weighted by Gasteiger charge is -2.05. The van der Waals surface area contributed by atoms with Gasteiger partial charge < -0.3 is 9.84 Å². The van der Waals surface area contributed by atoms with Gasteiger partial charge in [0.2, 0.25) is 0 Å². The molecule has 0 amide bonds. The van der Waals surface area contributed by atoms with Gasteiger partial charge in [-0.15, -0.1) is 0 Å². The maximum atomic E-state index is 10.7. The summed E-state index contributed by atoms with van der Waals surface area (Å²) in [5.74, 6) is -1.02. The van der Waals surface area contributed by atoms with Crippen LogP contribution in [0, 0.1) is 10.1 Å². The molecule has 1 aromatic rings. The van der Waals surface area contributed by atoms with Crippen LogP contribution < -0.4 is 4.74 Å². The molecule has 0 aromatic heterocycles. The summed E-state index contributed by atoms with van der Waals surface area (Å²) in [5.41, 5.74) is 0.325. The third-order valence-corrected chi connectivity index (χ3v) is 1.96. The van der Waals surface area contributed by atoms with Crippen molar-refractivity contribution in [1.82, 2.24) is 0 Å². The summed E-state index contributed by atoms with van der Waals surface area (Å²) in [4.78, 5) is 20.5. The molecule has 1 aromatic carbocycles. The maximum Gasteiger partial charge on any atom is 0.328 e. The van der Waals surface area contributed by atoms with Gasteiger partial charge in [-0.3, -0.25) is 10.1 Å². The van der Waals surface area contributed by atoms with Gasteiger partial charge in [0.25, 0.3) is 0 Å². The SMILES string of the molecule is C=CCOc1cc(C=CC(=O)O)ccc1[N+](=O)[O-]. The Morgan fingerprint density at radius 3 is 2.83 bits per heavy atom. The standard InChI is InChI=1S/C12H11NO5/c1-2-7-18-11-8-9(4-6-12(14)15)3-5-10(11)13(16)17/h2-6,8H,1,7H2,(H,14,15). The summed E-state index contributed by atoms with van der Waals surface area (Å²) < 4.78 is 5.15. The molecule has 0 saturated carbocycles. The Labute approximate surface area is 103 Å². The molecule has 94 valence electrons. The van der Waals surface area contributed by atoms with Crippen LogP contribution in [0.1, 0.15) is 5.56 Å². The zero-order valence-electron chi connectivity index (χ0n) is 9.41. The topological polar surface area (TPSA) is 89.7 Å². The third-order valence-electron chi connectivity index (χ3n) is 1.96. The Hall–Kier alpha value is -2.63. The number of carboxylic acid groups (broad SMARTS) is 1.